The van der Waals surface area contributed by atoms with Gasteiger partial charge in [-0.15, -0.1) is 0 Å². The number of thiophene rings is 1. The zero-order valence-corrected chi connectivity index (χ0v) is 10.8. The van der Waals surface area contributed by atoms with E-state index in [-0.39, 0.29) is 17.0 Å². The number of anilines is 1. The molecule has 2 rings (SSSR count). The molecule has 1 amide bonds. The summed E-state index contributed by atoms with van der Waals surface area (Å²) in [5.41, 5.74) is 0.632. The fourth-order valence-electron chi connectivity index (χ4n) is 1.51. The van der Waals surface area contributed by atoms with Crippen LogP contribution < -0.4 is 10.1 Å². The number of amides is 1. The molecule has 19 heavy (non-hydrogen) atoms. The van der Waals surface area contributed by atoms with Crippen molar-refractivity contribution in [1.29, 1.82) is 0 Å². The van der Waals surface area contributed by atoms with Gasteiger partial charge in [-0.3, -0.25) is 14.9 Å². The van der Waals surface area contributed by atoms with Crippen molar-refractivity contribution < 1.29 is 14.5 Å². The van der Waals surface area contributed by atoms with Gasteiger partial charge in [0, 0.05) is 17.0 Å². The molecule has 0 radical (unpaired) electrons. The molecule has 0 atom stereocenters. The summed E-state index contributed by atoms with van der Waals surface area (Å²) < 4.78 is 4.88. The third-order valence-corrected chi connectivity index (χ3v) is 3.10. The third-order valence-electron chi connectivity index (χ3n) is 2.42. The number of nitro groups is 1. The molecular formula is C12H10N2O4S. The second-order valence-corrected chi connectivity index (χ2v) is 4.39. The number of benzene rings is 1. The number of nitrogens with one attached hydrogen (secondary N) is 1. The summed E-state index contributed by atoms with van der Waals surface area (Å²) >= 11 is 1.45. The van der Waals surface area contributed by atoms with E-state index < -0.39 is 10.8 Å². The maximum absolute atomic E-state index is 11.9. The first-order valence-electron chi connectivity index (χ1n) is 5.28. The molecule has 0 aliphatic rings. The summed E-state index contributed by atoms with van der Waals surface area (Å²) in [6.07, 6.45) is 0. The molecule has 0 bridgehead atoms. The van der Waals surface area contributed by atoms with Gasteiger partial charge in [0.25, 0.3) is 5.91 Å². The fraction of sp³-hybridized carbons (Fsp3) is 0.0833. The summed E-state index contributed by atoms with van der Waals surface area (Å²) in [5, 5.41) is 17.1. The SMILES string of the molecule is COc1ccc(C(=O)Nc2ccsc2)cc1[N+](=O)[O-]. The van der Waals surface area contributed by atoms with E-state index in [1.807, 2.05) is 5.38 Å². The monoisotopic (exact) mass is 278 g/mol. The van der Waals surface area contributed by atoms with Gasteiger partial charge < -0.3 is 10.1 Å². The van der Waals surface area contributed by atoms with E-state index in [1.165, 1.54) is 36.6 Å². The molecule has 1 N–H and O–H groups in total. The van der Waals surface area contributed by atoms with E-state index in [2.05, 4.69) is 5.32 Å². The molecular weight excluding hydrogens is 268 g/mol. The van der Waals surface area contributed by atoms with Crippen LogP contribution in [0, 0.1) is 10.1 Å². The van der Waals surface area contributed by atoms with E-state index in [0.717, 1.165) is 0 Å². The number of hydrogen-bond acceptors (Lipinski definition) is 5. The van der Waals surface area contributed by atoms with Crippen molar-refractivity contribution in [3.05, 3.63) is 50.7 Å². The maximum Gasteiger partial charge on any atom is 0.311 e. The Kier molecular flexibility index (Phi) is 3.76. The number of nitrogens with zero attached hydrogens (tertiary/aromatic N) is 1. The minimum absolute atomic E-state index is 0.122. The summed E-state index contributed by atoms with van der Waals surface area (Å²) in [7, 11) is 1.34. The molecule has 0 saturated heterocycles. The lowest BCUT2D eigenvalue weighted by molar-refractivity contribution is -0.385. The predicted octanol–water partition coefficient (Wildman–Crippen LogP) is 2.92. The van der Waals surface area contributed by atoms with Gasteiger partial charge in [-0.25, -0.2) is 0 Å². The zero-order chi connectivity index (χ0) is 13.8. The quantitative estimate of drug-likeness (QED) is 0.688. The maximum atomic E-state index is 11.9. The van der Waals surface area contributed by atoms with E-state index in [1.54, 1.807) is 11.4 Å². The summed E-state index contributed by atoms with van der Waals surface area (Å²) in [6, 6.07) is 5.83. The predicted molar refractivity (Wildman–Crippen MR) is 71.9 cm³/mol. The lowest BCUT2D eigenvalue weighted by atomic mass is 10.1. The highest BCUT2D eigenvalue weighted by molar-refractivity contribution is 7.08. The van der Waals surface area contributed by atoms with Crippen molar-refractivity contribution >= 4 is 28.6 Å². The van der Waals surface area contributed by atoms with Crippen molar-refractivity contribution in [2.24, 2.45) is 0 Å². The Labute approximate surface area is 112 Å². The Hall–Kier alpha value is -2.41. The smallest absolute Gasteiger partial charge is 0.311 e. The zero-order valence-electron chi connectivity index (χ0n) is 9.95. The highest BCUT2D eigenvalue weighted by atomic mass is 32.1. The molecule has 1 aromatic carbocycles. The molecule has 98 valence electrons. The van der Waals surface area contributed by atoms with Crippen molar-refractivity contribution in [2.75, 3.05) is 12.4 Å². The van der Waals surface area contributed by atoms with Crippen LogP contribution in [0.2, 0.25) is 0 Å². The molecule has 0 aliphatic heterocycles. The number of methoxy groups -OCH3 is 1. The summed E-state index contributed by atoms with van der Waals surface area (Å²) in [4.78, 5) is 22.2. The van der Waals surface area contributed by atoms with Crippen molar-refractivity contribution in [3.63, 3.8) is 0 Å². The summed E-state index contributed by atoms with van der Waals surface area (Å²) in [5.74, 6) is -0.277. The highest BCUT2D eigenvalue weighted by Gasteiger charge is 2.18. The van der Waals surface area contributed by atoms with Gasteiger partial charge in [0.15, 0.2) is 5.75 Å². The lowest BCUT2D eigenvalue weighted by Gasteiger charge is -2.05. The van der Waals surface area contributed by atoms with Gasteiger partial charge in [-0.05, 0) is 23.6 Å². The van der Waals surface area contributed by atoms with Crippen LogP contribution in [0.15, 0.2) is 35.0 Å². The third kappa shape index (κ3) is 2.89. The molecule has 1 heterocycles. The van der Waals surface area contributed by atoms with Gasteiger partial charge >= 0.3 is 5.69 Å². The van der Waals surface area contributed by atoms with Gasteiger partial charge in [0.05, 0.1) is 17.7 Å². The van der Waals surface area contributed by atoms with E-state index in [0.29, 0.717) is 5.69 Å². The molecule has 1 aromatic heterocycles. The standard InChI is InChI=1S/C12H10N2O4S/c1-18-11-3-2-8(6-10(11)14(16)17)12(15)13-9-4-5-19-7-9/h2-7H,1H3,(H,13,15). The Balaban J connectivity index is 2.27. The van der Waals surface area contributed by atoms with E-state index in [4.69, 9.17) is 4.74 Å². The lowest BCUT2D eigenvalue weighted by Crippen LogP contribution is -2.11. The van der Waals surface area contributed by atoms with Crippen LogP contribution in [0.5, 0.6) is 5.75 Å². The normalized spacial score (nSPS) is 9.95. The Morgan fingerprint density at radius 2 is 2.21 bits per heavy atom. The van der Waals surface area contributed by atoms with Crippen LogP contribution in [-0.4, -0.2) is 17.9 Å². The highest BCUT2D eigenvalue weighted by Crippen LogP contribution is 2.27. The molecule has 0 spiro atoms. The van der Waals surface area contributed by atoms with Crippen molar-refractivity contribution in [3.8, 4) is 5.75 Å². The van der Waals surface area contributed by atoms with Crippen LogP contribution in [0.1, 0.15) is 10.4 Å². The van der Waals surface area contributed by atoms with Crippen molar-refractivity contribution in [1.82, 2.24) is 0 Å². The van der Waals surface area contributed by atoms with Crippen molar-refractivity contribution in [2.45, 2.75) is 0 Å². The molecule has 0 aliphatic carbocycles. The molecule has 0 fully saturated rings. The first-order valence-corrected chi connectivity index (χ1v) is 6.22. The number of carbonyl (C=O) groups is 1. The molecule has 7 heteroatoms. The van der Waals surface area contributed by atoms with E-state index >= 15 is 0 Å². The average molecular weight is 278 g/mol. The Morgan fingerprint density at radius 1 is 1.42 bits per heavy atom. The largest absolute Gasteiger partial charge is 0.490 e. The van der Waals surface area contributed by atoms with Crippen LogP contribution in [-0.2, 0) is 0 Å². The van der Waals surface area contributed by atoms with Gasteiger partial charge in [-0.1, -0.05) is 0 Å². The molecule has 0 saturated carbocycles. The van der Waals surface area contributed by atoms with Gasteiger partial charge in [-0.2, -0.15) is 11.3 Å². The first kappa shape index (κ1) is 13.0. The molecule has 2 aromatic rings. The van der Waals surface area contributed by atoms with Crippen LogP contribution >= 0.6 is 11.3 Å². The fourth-order valence-corrected chi connectivity index (χ4v) is 2.10. The second-order valence-electron chi connectivity index (χ2n) is 3.61. The van der Waals surface area contributed by atoms with Gasteiger partial charge in [0.1, 0.15) is 0 Å². The van der Waals surface area contributed by atoms with Crippen LogP contribution in [0.3, 0.4) is 0 Å². The number of ether oxygens (including phenoxy) is 1. The number of hydrogen-bond donors (Lipinski definition) is 1. The minimum Gasteiger partial charge on any atom is -0.490 e. The molecule has 6 nitrogen and oxygen atoms in total. The van der Waals surface area contributed by atoms with E-state index in [9.17, 15) is 14.9 Å². The number of carbonyl (C=O) groups excluding carboxylic acids is 1. The van der Waals surface area contributed by atoms with Crippen LogP contribution in [0.25, 0.3) is 0 Å². The molecule has 0 unspecified atom stereocenters. The van der Waals surface area contributed by atoms with Crippen LogP contribution in [0.4, 0.5) is 11.4 Å². The Morgan fingerprint density at radius 3 is 2.79 bits per heavy atom. The second kappa shape index (κ2) is 5.49. The first-order chi connectivity index (χ1) is 9.11. The summed E-state index contributed by atoms with van der Waals surface area (Å²) in [6.45, 7) is 0. The number of rotatable bonds is 4. The number of nitro benzene ring substituents is 1. The minimum atomic E-state index is -0.583. The average Bonchev–Trinajstić information content (AvgIpc) is 2.90. The van der Waals surface area contributed by atoms with Gasteiger partial charge in [0.2, 0.25) is 0 Å². The Bertz CT molecular complexity index is 610. The topological polar surface area (TPSA) is 81.5 Å².